The van der Waals surface area contributed by atoms with Crippen LogP contribution in [0.5, 0.6) is 0 Å². The average molecular weight is 240 g/mol. The molecule has 100 valence electrons. The number of likely N-dealkylation sites (N-methyl/N-ethyl adjacent to an activating group) is 1. The van der Waals surface area contributed by atoms with Gasteiger partial charge in [0.15, 0.2) is 0 Å². The van der Waals surface area contributed by atoms with Gasteiger partial charge in [-0.05, 0) is 38.8 Å². The van der Waals surface area contributed by atoms with Gasteiger partial charge >= 0.3 is 0 Å². The first-order chi connectivity index (χ1) is 8.35. The third-order valence-electron chi connectivity index (χ3n) is 4.40. The summed E-state index contributed by atoms with van der Waals surface area (Å²) >= 11 is 0. The largest absolute Gasteiger partial charge is 0.381 e. The molecule has 0 aromatic rings. The van der Waals surface area contributed by atoms with Crippen molar-refractivity contribution < 1.29 is 4.74 Å². The molecule has 2 saturated heterocycles. The summed E-state index contributed by atoms with van der Waals surface area (Å²) in [5.74, 6) is 0.730. The van der Waals surface area contributed by atoms with Gasteiger partial charge in [-0.2, -0.15) is 0 Å². The van der Waals surface area contributed by atoms with Crippen LogP contribution in [0.15, 0.2) is 0 Å². The number of nitrogens with zero attached hydrogens (tertiary/aromatic N) is 1. The lowest BCUT2D eigenvalue weighted by Crippen LogP contribution is -2.47. The molecule has 0 aromatic carbocycles. The van der Waals surface area contributed by atoms with E-state index < -0.39 is 0 Å². The molecule has 3 nitrogen and oxygen atoms in total. The van der Waals surface area contributed by atoms with Gasteiger partial charge in [0.1, 0.15) is 0 Å². The number of likely N-dealkylation sites (tertiary alicyclic amines) is 1. The molecule has 0 aromatic heterocycles. The van der Waals surface area contributed by atoms with Crippen molar-refractivity contribution in [1.29, 1.82) is 0 Å². The Balaban J connectivity index is 1.87. The highest BCUT2D eigenvalue weighted by Gasteiger charge is 2.30. The van der Waals surface area contributed by atoms with Crippen molar-refractivity contribution in [2.45, 2.75) is 51.6 Å². The summed E-state index contributed by atoms with van der Waals surface area (Å²) in [5.41, 5.74) is 0. The molecule has 0 aliphatic carbocycles. The van der Waals surface area contributed by atoms with Gasteiger partial charge in [0.05, 0.1) is 6.61 Å². The van der Waals surface area contributed by atoms with E-state index >= 15 is 0 Å². The summed E-state index contributed by atoms with van der Waals surface area (Å²) in [7, 11) is 0. The van der Waals surface area contributed by atoms with Crippen molar-refractivity contribution in [2.75, 3.05) is 32.8 Å². The summed E-state index contributed by atoms with van der Waals surface area (Å²) < 4.78 is 5.54. The lowest BCUT2D eigenvalue weighted by molar-refractivity contribution is 0.156. The first-order valence-corrected chi connectivity index (χ1v) is 7.40. The fourth-order valence-electron chi connectivity index (χ4n) is 3.36. The van der Waals surface area contributed by atoms with E-state index in [1.165, 1.54) is 38.8 Å². The fraction of sp³-hybridized carbons (Fsp3) is 1.00. The van der Waals surface area contributed by atoms with Crippen LogP contribution in [0.2, 0.25) is 0 Å². The van der Waals surface area contributed by atoms with Gasteiger partial charge in [0.25, 0.3) is 0 Å². The normalized spacial score (nSPS) is 32.1. The standard InChI is InChI=1S/C14H28N2O/c1-3-13-6-5-8-16(13)10-14(15-4-2)12-7-9-17-11-12/h12-15H,3-11H2,1-2H3. The van der Waals surface area contributed by atoms with E-state index in [0.717, 1.165) is 31.7 Å². The van der Waals surface area contributed by atoms with E-state index in [9.17, 15) is 0 Å². The number of hydrogen-bond acceptors (Lipinski definition) is 3. The van der Waals surface area contributed by atoms with Gasteiger partial charge in [-0.3, -0.25) is 4.90 Å². The highest BCUT2D eigenvalue weighted by molar-refractivity contribution is 4.86. The molecule has 0 bridgehead atoms. The van der Waals surface area contributed by atoms with E-state index in [-0.39, 0.29) is 0 Å². The molecule has 1 N–H and O–H groups in total. The monoisotopic (exact) mass is 240 g/mol. The Labute approximate surface area is 106 Å². The van der Waals surface area contributed by atoms with Gasteiger partial charge < -0.3 is 10.1 Å². The smallest absolute Gasteiger partial charge is 0.0510 e. The number of ether oxygens (including phenoxy) is 1. The molecule has 2 aliphatic heterocycles. The van der Waals surface area contributed by atoms with Crippen molar-refractivity contribution in [3.05, 3.63) is 0 Å². The van der Waals surface area contributed by atoms with Gasteiger partial charge in [-0.25, -0.2) is 0 Å². The van der Waals surface area contributed by atoms with Crippen molar-refractivity contribution in [3.8, 4) is 0 Å². The minimum absolute atomic E-state index is 0.634. The number of rotatable bonds is 6. The summed E-state index contributed by atoms with van der Waals surface area (Å²) in [4.78, 5) is 2.70. The Bertz CT molecular complexity index is 216. The van der Waals surface area contributed by atoms with Crippen LogP contribution in [-0.4, -0.2) is 49.8 Å². The zero-order valence-corrected chi connectivity index (χ0v) is 11.5. The molecule has 0 amide bonds. The number of hydrogen-bond donors (Lipinski definition) is 1. The van der Waals surface area contributed by atoms with Gasteiger partial charge in [0.2, 0.25) is 0 Å². The third kappa shape index (κ3) is 3.43. The van der Waals surface area contributed by atoms with Crippen molar-refractivity contribution in [2.24, 2.45) is 5.92 Å². The zero-order valence-electron chi connectivity index (χ0n) is 11.5. The molecule has 3 unspecified atom stereocenters. The van der Waals surface area contributed by atoms with Gasteiger partial charge in [0, 0.05) is 31.2 Å². The Kier molecular flexibility index (Phi) is 5.26. The summed E-state index contributed by atoms with van der Waals surface area (Å²) in [6.45, 7) is 10.1. The Morgan fingerprint density at radius 2 is 2.24 bits per heavy atom. The highest BCUT2D eigenvalue weighted by atomic mass is 16.5. The second-order valence-corrected chi connectivity index (χ2v) is 5.49. The van der Waals surface area contributed by atoms with Crippen LogP contribution in [0.4, 0.5) is 0 Å². The predicted molar refractivity (Wildman–Crippen MR) is 71.3 cm³/mol. The molecule has 0 radical (unpaired) electrons. The maximum atomic E-state index is 5.54. The Hall–Kier alpha value is -0.120. The van der Waals surface area contributed by atoms with Gasteiger partial charge in [-0.15, -0.1) is 0 Å². The molecule has 17 heavy (non-hydrogen) atoms. The summed E-state index contributed by atoms with van der Waals surface area (Å²) in [6.07, 6.45) is 5.33. The van der Waals surface area contributed by atoms with Crippen molar-refractivity contribution in [3.63, 3.8) is 0 Å². The van der Waals surface area contributed by atoms with Crippen LogP contribution < -0.4 is 5.32 Å². The minimum Gasteiger partial charge on any atom is -0.381 e. The third-order valence-corrected chi connectivity index (χ3v) is 4.40. The van der Waals surface area contributed by atoms with E-state index in [4.69, 9.17) is 4.74 Å². The van der Waals surface area contributed by atoms with Gasteiger partial charge in [-0.1, -0.05) is 13.8 Å². The van der Waals surface area contributed by atoms with Crippen LogP contribution in [0.25, 0.3) is 0 Å². The van der Waals surface area contributed by atoms with Crippen LogP contribution in [0, 0.1) is 5.92 Å². The molecular weight excluding hydrogens is 212 g/mol. The molecule has 2 heterocycles. The van der Waals surface area contributed by atoms with E-state index in [1.54, 1.807) is 0 Å². The number of nitrogens with one attached hydrogen (secondary N) is 1. The Morgan fingerprint density at radius 3 is 2.88 bits per heavy atom. The van der Waals surface area contributed by atoms with E-state index in [2.05, 4.69) is 24.1 Å². The van der Waals surface area contributed by atoms with Crippen LogP contribution in [0.3, 0.4) is 0 Å². The molecule has 2 fully saturated rings. The SMILES string of the molecule is CCNC(CN1CCCC1CC)C1CCOC1. The molecule has 0 saturated carbocycles. The van der Waals surface area contributed by atoms with Crippen LogP contribution in [-0.2, 0) is 4.74 Å². The predicted octanol–water partition coefficient (Wildman–Crippen LogP) is 1.88. The maximum Gasteiger partial charge on any atom is 0.0510 e. The van der Waals surface area contributed by atoms with Crippen LogP contribution >= 0.6 is 0 Å². The topological polar surface area (TPSA) is 24.5 Å². The molecule has 2 rings (SSSR count). The molecule has 3 heteroatoms. The quantitative estimate of drug-likeness (QED) is 0.767. The fourth-order valence-corrected chi connectivity index (χ4v) is 3.36. The molecular formula is C14H28N2O. The lowest BCUT2D eigenvalue weighted by Gasteiger charge is -2.31. The molecule has 0 spiro atoms. The first-order valence-electron chi connectivity index (χ1n) is 7.40. The first kappa shape index (κ1) is 13.3. The summed E-state index contributed by atoms with van der Waals surface area (Å²) in [5, 5.41) is 3.67. The summed E-state index contributed by atoms with van der Waals surface area (Å²) in [6, 6.07) is 1.47. The minimum atomic E-state index is 0.634. The maximum absolute atomic E-state index is 5.54. The molecule has 2 aliphatic rings. The lowest BCUT2D eigenvalue weighted by atomic mass is 9.98. The van der Waals surface area contributed by atoms with Crippen molar-refractivity contribution >= 4 is 0 Å². The Morgan fingerprint density at radius 1 is 1.35 bits per heavy atom. The highest BCUT2D eigenvalue weighted by Crippen LogP contribution is 2.23. The zero-order chi connectivity index (χ0) is 12.1. The average Bonchev–Trinajstić information content (AvgIpc) is 2.99. The second-order valence-electron chi connectivity index (χ2n) is 5.49. The second kappa shape index (κ2) is 6.72. The van der Waals surface area contributed by atoms with E-state index in [1.807, 2.05) is 0 Å². The van der Waals surface area contributed by atoms with E-state index in [0.29, 0.717) is 6.04 Å². The van der Waals surface area contributed by atoms with Crippen molar-refractivity contribution in [1.82, 2.24) is 10.2 Å². The molecule has 3 atom stereocenters. The van der Waals surface area contributed by atoms with Crippen LogP contribution in [0.1, 0.15) is 39.5 Å².